The second kappa shape index (κ2) is 12.5. The minimum atomic E-state index is -0.521. The summed E-state index contributed by atoms with van der Waals surface area (Å²) in [5.74, 6) is 0.731. The van der Waals surface area contributed by atoms with Crippen molar-refractivity contribution in [1.29, 1.82) is 0 Å². The van der Waals surface area contributed by atoms with Crippen LogP contribution < -0.4 is 20.5 Å². The second-order valence-electron chi connectivity index (χ2n) is 8.17. The summed E-state index contributed by atoms with van der Waals surface area (Å²) < 4.78 is 11.3. The highest BCUT2D eigenvalue weighted by molar-refractivity contribution is 5.96. The average Bonchev–Trinajstić information content (AvgIpc) is 2.73. The highest BCUT2D eigenvalue weighted by atomic mass is 16.5. The topological polar surface area (TPSA) is 114 Å². The fraction of sp³-hybridized carbons (Fsp3) is 0.652. The molecule has 1 aliphatic heterocycles. The Morgan fingerprint density at radius 3 is 2.74 bits per heavy atom. The Kier molecular flexibility index (Phi) is 10.1. The molecule has 0 saturated carbocycles. The lowest BCUT2D eigenvalue weighted by atomic mass is 9.93. The molecule has 2 rings (SSSR count). The molecule has 1 fully saturated rings. The van der Waals surface area contributed by atoms with Crippen LogP contribution in [0.15, 0.2) is 12.1 Å². The number of β-amino-alcohol motifs (C(OH)–C–C–N with tert-alkyl or cyclic N) is 1. The molecule has 0 aromatic heterocycles. The number of primary amides is 1. The summed E-state index contributed by atoms with van der Waals surface area (Å²) in [5, 5.41) is 13.5. The molecule has 1 aromatic rings. The number of ether oxygens (including phenoxy) is 2. The maximum atomic E-state index is 12.8. The van der Waals surface area contributed by atoms with Gasteiger partial charge in [-0.1, -0.05) is 13.3 Å². The molecule has 0 radical (unpaired) electrons. The highest BCUT2D eigenvalue weighted by Crippen LogP contribution is 2.33. The molecule has 0 spiro atoms. The minimum absolute atomic E-state index is 0.00447. The van der Waals surface area contributed by atoms with Gasteiger partial charge in [0.2, 0.25) is 5.91 Å². The highest BCUT2D eigenvalue weighted by Gasteiger charge is 2.28. The number of carbonyl (C=O) groups excluding carboxylic acids is 2. The first-order valence-electron chi connectivity index (χ1n) is 11.1. The molecule has 8 heteroatoms. The minimum Gasteiger partial charge on any atom is -0.493 e. The normalized spacial score (nSPS) is 19.1. The van der Waals surface area contributed by atoms with Gasteiger partial charge in [-0.25, -0.2) is 0 Å². The summed E-state index contributed by atoms with van der Waals surface area (Å²) in [4.78, 5) is 25.8. The lowest BCUT2D eigenvalue weighted by Crippen LogP contribution is -2.48. The molecular formula is C23H37N3O5. The van der Waals surface area contributed by atoms with Gasteiger partial charge in [0.05, 0.1) is 19.8 Å². The van der Waals surface area contributed by atoms with E-state index in [1.165, 1.54) is 0 Å². The number of likely N-dealkylation sites (tertiary alicyclic amines) is 1. The van der Waals surface area contributed by atoms with Gasteiger partial charge >= 0.3 is 0 Å². The molecule has 1 heterocycles. The van der Waals surface area contributed by atoms with Crippen LogP contribution in [0.25, 0.3) is 0 Å². The third-order valence-corrected chi connectivity index (χ3v) is 5.81. The molecule has 2 atom stereocenters. The lowest BCUT2D eigenvalue weighted by Gasteiger charge is -2.36. The summed E-state index contributed by atoms with van der Waals surface area (Å²) in [7, 11) is 1.59. The number of carbonyl (C=O) groups is 2. The number of nitrogens with one attached hydrogen (secondary N) is 1. The van der Waals surface area contributed by atoms with Crippen molar-refractivity contribution in [2.75, 3.05) is 39.9 Å². The Hall–Kier alpha value is -2.32. The Balaban J connectivity index is 1.91. The van der Waals surface area contributed by atoms with Crippen molar-refractivity contribution in [3.05, 3.63) is 23.3 Å². The molecule has 174 valence electrons. The Morgan fingerprint density at radius 2 is 2.10 bits per heavy atom. The van der Waals surface area contributed by atoms with E-state index in [1.807, 2.05) is 6.92 Å². The lowest BCUT2D eigenvalue weighted by molar-refractivity contribution is -0.118. The zero-order chi connectivity index (χ0) is 22.8. The van der Waals surface area contributed by atoms with Gasteiger partial charge in [0.1, 0.15) is 0 Å². The quantitative estimate of drug-likeness (QED) is 0.432. The monoisotopic (exact) mass is 435 g/mol. The number of amides is 2. The summed E-state index contributed by atoms with van der Waals surface area (Å²) in [6, 6.07) is 3.50. The van der Waals surface area contributed by atoms with Gasteiger partial charge in [-0.15, -0.1) is 0 Å². The van der Waals surface area contributed by atoms with E-state index in [1.54, 1.807) is 19.2 Å². The van der Waals surface area contributed by atoms with Gasteiger partial charge in [0.15, 0.2) is 11.5 Å². The predicted molar refractivity (Wildman–Crippen MR) is 119 cm³/mol. The zero-order valence-electron chi connectivity index (χ0n) is 19.0. The second-order valence-corrected chi connectivity index (χ2v) is 8.17. The Bertz CT molecular complexity index is 740. The van der Waals surface area contributed by atoms with E-state index in [4.69, 9.17) is 15.2 Å². The number of aliphatic hydroxyl groups excluding tert-OH is 1. The first-order valence-corrected chi connectivity index (χ1v) is 11.1. The van der Waals surface area contributed by atoms with E-state index in [-0.39, 0.29) is 17.7 Å². The van der Waals surface area contributed by atoms with E-state index < -0.39 is 6.10 Å². The maximum Gasteiger partial charge on any atom is 0.251 e. The maximum absolute atomic E-state index is 12.8. The Morgan fingerprint density at radius 1 is 1.32 bits per heavy atom. The van der Waals surface area contributed by atoms with Gasteiger partial charge in [-0.2, -0.15) is 0 Å². The molecule has 1 aliphatic rings. The third kappa shape index (κ3) is 7.40. The van der Waals surface area contributed by atoms with E-state index in [0.29, 0.717) is 49.6 Å². The number of methoxy groups -OCH3 is 1. The van der Waals surface area contributed by atoms with Crippen LogP contribution in [0.2, 0.25) is 0 Å². The van der Waals surface area contributed by atoms with E-state index in [2.05, 4.69) is 17.1 Å². The average molecular weight is 436 g/mol. The first kappa shape index (κ1) is 24.9. The van der Waals surface area contributed by atoms with Gasteiger partial charge in [0.25, 0.3) is 5.91 Å². The predicted octanol–water partition coefficient (Wildman–Crippen LogP) is 1.86. The standard InChI is InChI=1S/C23H37N3O5/c1-4-5-13-31-22-16(2)18(8-9-20(22)30-3)23(29)25-14-17-10-12-26(15-19(17)27)11-6-7-21(24)28/h8-9,17,19,27H,4-7,10-15H2,1-3H3,(H2,24,28)(H,25,29)/t17-,19+/m0/s1. The van der Waals surface area contributed by atoms with Crippen LogP contribution in [0, 0.1) is 12.8 Å². The van der Waals surface area contributed by atoms with Crippen molar-refractivity contribution in [3.8, 4) is 11.5 Å². The Labute approximate surface area is 185 Å². The molecule has 0 unspecified atom stereocenters. The molecule has 0 bridgehead atoms. The summed E-state index contributed by atoms with van der Waals surface area (Å²) in [6.45, 7) is 7.04. The number of unbranched alkanes of at least 4 members (excludes halogenated alkanes) is 1. The number of rotatable bonds is 12. The van der Waals surface area contributed by atoms with E-state index in [0.717, 1.165) is 37.9 Å². The molecule has 2 amide bonds. The SMILES string of the molecule is CCCCOc1c(OC)ccc(C(=O)NC[C@@H]2CCN(CCCC(N)=O)C[C@H]2O)c1C. The molecule has 4 N–H and O–H groups in total. The van der Waals surface area contributed by atoms with Crippen LogP contribution in [0.5, 0.6) is 11.5 Å². The van der Waals surface area contributed by atoms with Crippen LogP contribution in [-0.4, -0.2) is 67.8 Å². The molecule has 1 aromatic carbocycles. The number of piperidine rings is 1. The summed E-state index contributed by atoms with van der Waals surface area (Å²) in [5.41, 5.74) is 6.47. The first-order chi connectivity index (χ1) is 14.9. The van der Waals surface area contributed by atoms with Crippen molar-refractivity contribution in [2.24, 2.45) is 11.7 Å². The van der Waals surface area contributed by atoms with Crippen molar-refractivity contribution in [1.82, 2.24) is 10.2 Å². The summed E-state index contributed by atoms with van der Waals surface area (Å²) >= 11 is 0. The fourth-order valence-electron chi connectivity index (χ4n) is 3.85. The third-order valence-electron chi connectivity index (χ3n) is 5.81. The van der Waals surface area contributed by atoms with Gasteiger partial charge in [-0.3, -0.25) is 9.59 Å². The van der Waals surface area contributed by atoms with Crippen LogP contribution in [0.3, 0.4) is 0 Å². The number of hydrogen-bond acceptors (Lipinski definition) is 6. The number of benzene rings is 1. The smallest absolute Gasteiger partial charge is 0.251 e. The number of hydrogen-bond donors (Lipinski definition) is 3. The van der Waals surface area contributed by atoms with Gasteiger partial charge in [-0.05, 0) is 51.4 Å². The van der Waals surface area contributed by atoms with Crippen molar-refractivity contribution >= 4 is 11.8 Å². The largest absolute Gasteiger partial charge is 0.493 e. The molecular weight excluding hydrogens is 398 g/mol. The van der Waals surface area contributed by atoms with Gasteiger partial charge in [0, 0.05) is 36.6 Å². The molecule has 1 saturated heterocycles. The van der Waals surface area contributed by atoms with E-state index >= 15 is 0 Å². The van der Waals surface area contributed by atoms with Gasteiger partial charge < -0.3 is 30.5 Å². The van der Waals surface area contributed by atoms with Crippen LogP contribution in [0.4, 0.5) is 0 Å². The molecule has 31 heavy (non-hydrogen) atoms. The zero-order valence-corrected chi connectivity index (χ0v) is 19.0. The number of aliphatic hydroxyl groups is 1. The fourth-order valence-corrected chi connectivity index (χ4v) is 3.85. The van der Waals surface area contributed by atoms with Crippen molar-refractivity contribution in [2.45, 2.75) is 52.1 Å². The van der Waals surface area contributed by atoms with Crippen LogP contribution in [-0.2, 0) is 4.79 Å². The van der Waals surface area contributed by atoms with E-state index in [9.17, 15) is 14.7 Å². The van der Waals surface area contributed by atoms with Crippen LogP contribution >= 0.6 is 0 Å². The molecule has 8 nitrogen and oxygen atoms in total. The summed E-state index contributed by atoms with van der Waals surface area (Å²) in [6.07, 6.45) is 3.27. The van der Waals surface area contributed by atoms with Crippen molar-refractivity contribution in [3.63, 3.8) is 0 Å². The number of nitrogens with zero attached hydrogens (tertiary/aromatic N) is 1. The number of nitrogens with two attached hydrogens (primary N) is 1. The van der Waals surface area contributed by atoms with Crippen molar-refractivity contribution < 1.29 is 24.2 Å². The van der Waals surface area contributed by atoms with Crippen LogP contribution in [0.1, 0.15) is 54.9 Å². The molecule has 0 aliphatic carbocycles.